The Hall–Kier alpha value is -2.51. The van der Waals surface area contributed by atoms with Gasteiger partial charge in [0.1, 0.15) is 5.60 Å². The molecule has 3 N–H and O–H groups in total. The number of hydrogen-bond acceptors (Lipinski definition) is 5. The summed E-state index contributed by atoms with van der Waals surface area (Å²) in [5, 5.41) is 9.10. The Morgan fingerprint density at radius 3 is 2.48 bits per heavy atom. The van der Waals surface area contributed by atoms with Crippen LogP contribution in [0.25, 0.3) is 0 Å². The number of amides is 1. The van der Waals surface area contributed by atoms with Crippen LogP contribution in [-0.4, -0.2) is 49.9 Å². The topological polar surface area (TPSA) is 96.9 Å². The van der Waals surface area contributed by atoms with Gasteiger partial charge in [0, 0.05) is 38.9 Å². The highest BCUT2D eigenvalue weighted by molar-refractivity contribution is 5.79. The molecule has 8 heteroatoms. The standard InChI is InChI=1S/C17H29N5O3/c1-17(2,3)25-16(23)20-10-6-9-19-15(18-4)22-12-13-7-8-14(24-5)21-11-13/h7-8,11H,6,9-10,12H2,1-5H3,(H,20,23)(H2,18,19,22). The van der Waals surface area contributed by atoms with Gasteiger partial charge in [-0.25, -0.2) is 9.78 Å². The molecule has 1 amide bonds. The average molecular weight is 351 g/mol. The maximum absolute atomic E-state index is 11.5. The third-order valence-corrected chi connectivity index (χ3v) is 3.00. The van der Waals surface area contributed by atoms with E-state index in [0.29, 0.717) is 31.5 Å². The van der Waals surface area contributed by atoms with Crippen LogP contribution >= 0.6 is 0 Å². The lowest BCUT2D eigenvalue weighted by Crippen LogP contribution is -2.39. The van der Waals surface area contributed by atoms with Gasteiger partial charge in [-0.2, -0.15) is 0 Å². The summed E-state index contributed by atoms with van der Waals surface area (Å²) in [6.07, 6.45) is 2.11. The summed E-state index contributed by atoms with van der Waals surface area (Å²) in [5.41, 5.74) is 0.542. The van der Waals surface area contributed by atoms with E-state index in [1.54, 1.807) is 20.4 Å². The molecule has 140 valence electrons. The molecule has 0 aliphatic rings. The first kappa shape index (κ1) is 20.5. The zero-order chi connectivity index (χ0) is 18.7. The summed E-state index contributed by atoms with van der Waals surface area (Å²) in [4.78, 5) is 19.8. The molecular formula is C17H29N5O3. The zero-order valence-electron chi connectivity index (χ0n) is 15.7. The van der Waals surface area contributed by atoms with E-state index in [1.165, 1.54) is 0 Å². The highest BCUT2D eigenvalue weighted by Crippen LogP contribution is 2.06. The highest BCUT2D eigenvalue weighted by Gasteiger charge is 2.15. The smallest absolute Gasteiger partial charge is 0.407 e. The number of alkyl carbamates (subject to hydrolysis) is 1. The minimum absolute atomic E-state index is 0.401. The molecule has 8 nitrogen and oxygen atoms in total. The zero-order valence-corrected chi connectivity index (χ0v) is 15.7. The second-order valence-corrected chi connectivity index (χ2v) is 6.34. The van der Waals surface area contributed by atoms with Gasteiger partial charge >= 0.3 is 6.09 Å². The van der Waals surface area contributed by atoms with Gasteiger partial charge in [-0.3, -0.25) is 4.99 Å². The lowest BCUT2D eigenvalue weighted by Gasteiger charge is -2.19. The van der Waals surface area contributed by atoms with Crippen LogP contribution in [0.4, 0.5) is 4.79 Å². The second-order valence-electron chi connectivity index (χ2n) is 6.34. The molecule has 0 unspecified atom stereocenters. The molecule has 0 saturated heterocycles. The molecule has 0 aliphatic carbocycles. The second kappa shape index (κ2) is 10.4. The number of rotatable bonds is 7. The number of methoxy groups -OCH3 is 1. The molecule has 0 radical (unpaired) electrons. The van der Waals surface area contributed by atoms with Crippen LogP contribution in [0.2, 0.25) is 0 Å². The van der Waals surface area contributed by atoms with Crippen molar-refractivity contribution in [2.75, 3.05) is 27.2 Å². The Kier molecular flexibility index (Phi) is 8.52. The number of aliphatic imine (C=N–C) groups is 1. The third kappa shape index (κ3) is 9.39. The summed E-state index contributed by atoms with van der Waals surface area (Å²) >= 11 is 0. The van der Waals surface area contributed by atoms with Crippen molar-refractivity contribution < 1.29 is 14.3 Å². The summed E-state index contributed by atoms with van der Waals surface area (Å²) < 4.78 is 10.2. The number of carbonyl (C=O) groups excluding carboxylic acids is 1. The Morgan fingerprint density at radius 1 is 1.20 bits per heavy atom. The van der Waals surface area contributed by atoms with Gasteiger partial charge in [0.05, 0.1) is 7.11 Å². The number of carbonyl (C=O) groups is 1. The number of ether oxygens (including phenoxy) is 2. The fourth-order valence-corrected chi connectivity index (χ4v) is 1.84. The first-order valence-electron chi connectivity index (χ1n) is 8.24. The molecule has 0 spiro atoms. The van der Waals surface area contributed by atoms with Gasteiger partial charge in [-0.05, 0) is 32.8 Å². The summed E-state index contributed by atoms with van der Waals surface area (Å²) in [6, 6.07) is 3.76. The molecule has 1 heterocycles. The maximum Gasteiger partial charge on any atom is 0.407 e. The van der Waals surface area contributed by atoms with Crippen molar-refractivity contribution in [2.45, 2.75) is 39.3 Å². The van der Waals surface area contributed by atoms with Crippen molar-refractivity contribution in [3.8, 4) is 5.88 Å². The quantitative estimate of drug-likeness (QED) is 0.393. The molecule has 0 bridgehead atoms. The Bertz CT molecular complexity index is 552. The van der Waals surface area contributed by atoms with Gasteiger partial charge in [0.2, 0.25) is 5.88 Å². The Balaban J connectivity index is 2.20. The predicted molar refractivity (Wildman–Crippen MR) is 97.8 cm³/mol. The van der Waals surface area contributed by atoms with E-state index >= 15 is 0 Å². The number of nitrogens with one attached hydrogen (secondary N) is 3. The Labute approximate surface area is 149 Å². The van der Waals surface area contributed by atoms with Crippen LogP contribution in [0.3, 0.4) is 0 Å². The van der Waals surface area contributed by atoms with E-state index in [1.807, 2.05) is 32.9 Å². The van der Waals surface area contributed by atoms with Crippen LogP contribution < -0.4 is 20.7 Å². The molecule has 0 aromatic carbocycles. The monoisotopic (exact) mass is 351 g/mol. The first-order valence-corrected chi connectivity index (χ1v) is 8.24. The molecule has 1 aromatic heterocycles. The van der Waals surface area contributed by atoms with Crippen molar-refractivity contribution in [3.05, 3.63) is 23.9 Å². The van der Waals surface area contributed by atoms with E-state index in [9.17, 15) is 4.79 Å². The SMILES string of the molecule is CN=C(NCCCNC(=O)OC(C)(C)C)NCc1ccc(OC)nc1. The fraction of sp³-hybridized carbons (Fsp3) is 0.588. The molecule has 0 aliphatic heterocycles. The van der Waals surface area contributed by atoms with E-state index < -0.39 is 11.7 Å². The van der Waals surface area contributed by atoms with Gasteiger partial charge in [-0.1, -0.05) is 6.07 Å². The van der Waals surface area contributed by atoms with Crippen molar-refractivity contribution in [1.29, 1.82) is 0 Å². The minimum Gasteiger partial charge on any atom is -0.481 e. The van der Waals surface area contributed by atoms with E-state index in [4.69, 9.17) is 9.47 Å². The normalized spacial score (nSPS) is 11.6. The van der Waals surface area contributed by atoms with Crippen LogP contribution in [0.1, 0.15) is 32.8 Å². The van der Waals surface area contributed by atoms with Gasteiger partial charge in [0.25, 0.3) is 0 Å². The molecular weight excluding hydrogens is 322 g/mol. The summed E-state index contributed by atoms with van der Waals surface area (Å²) in [7, 11) is 3.30. The molecule has 0 fully saturated rings. The van der Waals surface area contributed by atoms with Crippen LogP contribution in [0.15, 0.2) is 23.3 Å². The molecule has 1 aromatic rings. The molecule has 0 saturated carbocycles. The largest absolute Gasteiger partial charge is 0.481 e. The van der Waals surface area contributed by atoms with E-state index in [-0.39, 0.29) is 0 Å². The first-order chi connectivity index (χ1) is 11.8. The number of hydrogen-bond donors (Lipinski definition) is 3. The molecule has 25 heavy (non-hydrogen) atoms. The van der Waals surface area contributed by atoms with Gasteiger partial charge < -0.3 is 25.4 Å². The summed E-state index contributed by atoms with van der Waals surface area (Å²) in [6.45, 7) is 7.32. The van der Waals surface area contributed by atoms with E-state index in [2.05, 4.69) is 25.9 Å². The Morgan fingerprint density at radius 2 is 1.92 bits per heavy atom. The number of guanidine groups is 1. The van der Waals surface area contributed by atoms with E-state index in [0.717, 1.165) is 12.0 Å². The molecule has 1 rings (SSSR count). The lowest BCUT2D eigenvalue weighted by atomic mass is 10.2. The number of aromatic nitrogens is 1. The average Bonchev–Trinajstić information content (AvgIpc) is 2.56. The number of nitrogens with zero attached hydrogens (tertiary/aromatic N) is 2. The predicted octanol–water partition coefficient (Wildman–Crippen LogP) is 1.67. The third-order valence-electron chi connectivity index (χ3n) is 3.00. The highest BCUT2D eigenvalue weighted by atomic mass is 16.6. The fourth-order valence-electron chi connectivity index (χ4n) is 1.84. The summed E-state index contributed by atoms with van der Waals surface area (Å²) in [5.74, 6) is 1.27. The van der Waals surface area contributed by atoms with Crippen molar-refractivity contribution in [3.63, 3.8) is 0 Å². The van der Waals surface area contributed by atoms with Crippen molar-refractivity contribution in [1.82, 2.24) is 20.9 Å². The van der Waals surface area contributed by atoms with Crippen molar-refractivity contribution >= 4 is 12.1 Å². The maximum atomic E-state index is 11.5. The van der Waals surface area contributed by atoms with Gasteiger partial charge in [-0.15, -0.1) is 0 Å². The van der Waals surface area contributed by atoms with Crippen LogP contribution in [0, 0.1) is 0 Å². The minimum atomic E-state index is -0.482. The number of pyridine rings is 1. The van der Waals surface area contributed by atoms with Crippen molar-refractivity contribution in [2.24, 2.45) is 4.99 Å². The van der Waals surface area contributed by atoms with Gasteiger partial charge in [0.15, 0.2) is 5.96 Å². The van der Waals surface area contributed by atoms with Crippen LogP contribution in [-0.2, 0) is 11.3 Å². The van der Waals surface area contributed by atoms with Crippen LogP contribution in [0.5, 0.6) is 5.88 Å². The lowest BCUT2D eigenvalue weighted by molar-refractivity contribution is 0.0527. The molecule has 0 atom stereocenters.